The predicted octanol–water partition coefficient (Wildman–Crippen LogP) is 4.29. The highest BCUT2D eigenvalue weighted by atomic mass is 35.5. The second kappa shape index (κ2) is 5.37. The lowest BCUT2D eigenvalue weighted by molar-refractivity contribution is -0.118. The third kappa shape index (κ3) is 2.22. The molecule has 0 radical (unpaired) electrons. The molecule has 1 unspecified atom stereocenters. The van der Waals surface area contributed by atoms with Crippen LogP contribution in [0.5, 0.6) is 0 Å². The number of hydrogen-bond acceptors (Lipinski definition) is 2. The molecule has 2 aliphatic rings. The Morgan fingerprint density at radius 2 is 1.96 bits per heavy atom. The molecule has 1 saturated heterocycles. The van der Waals surface area contributed by atoms with E-state index in [9.17, 15) is 4.79 Å². The standard InChI is InChI=1S/C21H21ClN2O/c1-14-8-9-18-16(12-14)20(2,3)21(23-19(25)13-24(18)21)11-10-15-6-4-5-7-17(15)22/h4-12H,13H2,1-3H3,(H,23,25). The van der Waals surface area contributed by atoms with Gasteiger partial charge < -0.3 is 10.2 Å². The normalized spacial score (nSPS) is 23.7. The minimum Gasteiger partial charge on any atom is -0.335 e. The molecule has 25 heavy (non-hydrogen) atoms. The molecule has 2 heterocycles. The molecule has 3 nitrogen and oxygen atoms in total. The fraction of sp³-hybridized carbons (Fsp3) is 0.286. The van der Waals surface area contributed by atoms with Crippen molar-refractivity contribution in [3.8, 4) is 0 Å². The van der Waals surface area contributed by atoms with Gasteiger partial charge in [-0.05, 0) is 36.3 Å². The molecular formula is C21H21ClN2O. The lowest BCUT2D eigenvalue weighted by Gasteiger charge is -2.40. The van der Waals surface area contributed by atoms with Crippen LogP contribution in [0.25, 0.3) is 6.08 Å². The van der Waals surface area contributed by atoms with Crippen LogP contribution in [0.3, 0.4) is 0 Å². The average Bonchev–Trinajstić information content (AvgIpc) is 2.99. The van der Waals surface area contributed by atoms with Gasteiger partial charge in [-0.2, -0.15) is 0 Å². The van der Waals surface area contributed by atoms with Crippen molar-refractivity contribution in [1.82, 2.24) is 5.32 Å². The zero-order chi connectivity index (χ0) is 17.8. The second-order valence-corrected chi connectivity index (χ2v) is 7.81. The van der Waals surface area contributed by atoms with Crippen molar-refractivity contribution in [1.29, 1.82) is 0 Å². The Bertz CT molecular complexity index is 903. The van der Waals surface area contributed by atoms with E-state index in [4.69, 9.17) is 11.6 Å². The van der Waals surface area contributed by atoms with Gasteiger partial charge in [0, 0.05) is 16.1 Å². The van der Waals surface area contributed by atoms with Crippen molar-refractivity contribution in [2.75, 3.05) is 11.4 Å². The third-order valence-corrected chi connectivity index (χ3v) is 5.88. The second-order valence-electron chi connectivity index (χ2n) is 7.40. The minimum absolute atomic E-state index is 0.0445. The summed E-state index contributed by atoms with van der Waals surface area (Å²) in [6, 6.07) is 14.2. The van der Waals surface area contributed by atoms with Gasteiger partial charge in [0.15, 0.2) is 0 Å². The van der Waals surface area contributed by atoms with E-state index in [2.05, 4.69) is 55.3 Å². The number of carbonyl (C=O) groups is 1. The molecule has 4 rings (SSSR count). The van der Waals surface area contributed by atoms with Gasteiger partial charge in [-0.15, -0.1) is 0 Å². The molecule has 4 heteroatoms. The summed E-state index contributed by atoms with van der Waals surface area (Å²) >= 11 is 6.31. The van der Waals surface area contributed by atoms with Crippen LogP contribution in [-0.4, -0.2) is 18.1 Å². The molecule has 0 spiro atoms. The van der Waals surface area contributed by atoms with Gasteiger partial charge in [0.1, 0.15) is 5.66 Å². The maximum atomic E-state index is 12.3. The van der Waals surface area contributed by atoms with Gasteiger partial charge in [-0.1, -0.05) is 67.4 Å². The number of amides is 1. The first-order valence-corrected chi connectivity index (χ1v) is 8.86. The molecule has 0 saturated carbocycles. The Morgan fingerprint density at radius 1 is 1.20 bits per heavy atom. The molecular weight excluding hydrogens is 332 g/mol. The monoisotopic (exact) mass is 352 g/mol. The quantitative estimate of drug-likeness (QED) is 0.874. The number of hydrogen-bond donors (Lipinski definition) is 1. The van der Waals surface area contributed by atoms with Crippen LogP contribution < -0.4 is 10.2 Å². The summed E-state index contributed by atoms with van der Waals surface area (Å²) in [5.41, 5.74) is 3.71. The number of fused-ring (bicyclic) bond motifs is 3. The molecule has 1 fully saturated rings. The van der Waals surface area contributed by atoms with E-state index in [-0.39, 0.29) is 11.3 Å². The van der Waals surface area contributed by atoms with E-state index >= 15 is 0 Å². The number of aryl methyl sites for hydroxylation is 1. The number of anilines is 1. The zero-order valence-electron chi connectivity index (χ0n) is 14.6. The molecule has 1 amide bonds. The Kier molecular flexibility index (Phi) is 3.48. The molecule has 2 aromatic carbocycles. The van der Waals surface area contributed by atoms with Crippen molar-refractivity contribution in [3.63, 3.8) is 0 Å². The van der Waals surface area contributed by atoms with Crippen LogP contribution in [0, 0.1) is 6.92 Å². The van der Waals surface area contributed by atoms with E-state index in [0.29, 0.717) is 11.6 Å². The largest absolute Gasteiger partial charge is 0.335 e. The number of benzene rings is 2. The minimum atomic E-state index is -0.584. The number of halogens is 1. The van der Waals surface area contributed by atoms with Crippen LogP contribution >= 0.6 is 11.6 Å². The molecule has 0 aromatic heterocycles. The fourth-order valence-corrected chi connectivity index (χ4v) is 4.31. The maximum Gasteiger partial charge on any atom is 0.241 e. The van der Waals surface area contributed by atoms with Crippen molar-refractivity contribution < 1.29 is 4.79 Å². The molecule has 128 valence electrons. The Labute approximate surface area is 153 Å². The van der Waals surface area contributed by atoms with E-state index in [1.807, 2.05) is 30.3 Å². The summed E-state index contributed by atoms with van der Waals surface area (Å²) in [5, 5.41) is 3.94. The molecule has 0 bridgehead atoms. The number of carbonyl (C=O) groups excluding carboxylic acids is 1. The smallest absolute Gasteiger partial charge is 0.241 e. The van der Waals surface area contributed by atoms with Crippen molar-refractivity contribution >= 4 is 29.3 Å². The Balaban J connectivity index is 1.87. The predicted molar refractivity (Wildman–Crippen MR) is 103 cm³/mol. The number of nitrogens with one attached hydrogen (secondary N) is 1. The van der Waals surface area contributed by atoms with Crippen LogP contribution in [-0.2, 0) is 10.2 Å². The molecule has 2 aromatic rings. The van der Waals surface area contributed by atoms with Crippen molar-refractivity contribution in [3.05, 3.63) is 70.3 Å². The third-order valence-electron chi connectivity index (χ3n) is 5.54. The van der Waals surface area contributed by atoms with Crippen LogP contribution in [0.15, 0.2) is 48.5 Å². The summed E-state index contributed by atoms with van der Waals surface area (Å²) in [6.45, 7) is 6.85. The summed E-state index contributed by atoms with van der Waals surface area (Å²) in [4.78, 5) is 14.5. The van der Waals surface area contributed by atoms with E-state index in [0.717, 1.165) is 11.3 Å². The highest BCUT2D eigenvalue weighted by Crippen LogP contribution is 2.53. The van der Waals surface area contributed by atoms with Crippen molar-refractivity contribution in [2.24, 2.45) is 0 Å². The number of rotatable bonds is 2. The van der Waals surface area contributed by atoms with E-state index in [1.54, 1.807) is 0 Å². The molecule has 1 atom stereocenters. The van der Waals surface area contributed by atoms with Gasteiger partial charge in [0.05, 0.1) is 6.54 Å². The lowest BCUT2D eigenvalue weighted by Crippen LogP contribution is -2.58. The van der Waals surface area contributed by atoms with Crippen LogP contribution in [0.1, 0.15) is 30.5 Å². The van der Waals surface area contributed by atoms with Crippen molar-refractivity contribution in [2.45, 2.75) is 31.8 Å². The zero-order valence-corrected chi connectivity index (χ0v) is 15.4. The first kappa shape index (κ1) is 16.2. The highest BCUT2D eigenvalue weighted by Gasteiger charge is 2.59. The summed E-state index contributed by atoms with van der Waals surface area (Å²) in [6.07, 6.45) is 4.11. The van der Waals surface area contributed by atoms with Gasteiger partial charge in [0.25, 0.3) is 0 Å². The van der Waals surface area contributed by atoms with E-state index < -0.39 is 5.66 Å². The lowest BCUT2D eigenvalue weighted by atomic mass is 9.75. The molecule has 2 aliphatic heterocycles. The maximum absolute atomic E-state index is 12.3. The SMILES string of the molecule is Cc1ccc2c(c1)C(C)(C)C1(C=Cc3ccccc3Cl)NC(=O)CN21. The summed E-state index contributed by atoms with van der Waals surface area (Å²) in [5.74, 6) is 0.0445. The first-order valence-electron chi connectivity index (χ1n) is 8.49. The van der Waals surface area contributed by atoms with E-state index in [1.165, 1.54) is 11.1 Å². The van der Waals surface area contributed by atoms with Gasteiger partial charge in [-0.3, -0.25) is 4.79 Å². The molecule has 0 aliphatic carbocycles. The number of nitrogens with zero attached hydrogens (tertiary/aromatic N) is 1. The topological polar surface area (TPSA) is 32.3 Å². The Hall–Kier alpha value is -2.26. The fourth-order valence-electron chi connectivity index (χ4n) is 4.11. The summed E-state index contributed by atoms with van der Waals surface area (Å²) in [7, 11) is 0. The average molecular weight is 353 g/mol. The van der Waals surface area contributed by atoms with Gasteiger partial charge in [-0.25, -0.2) is 0 Å². The molecule has 1 N–H and O–H groups in total. The van der Waals surface area contributed by atoms with Crippen LogP contribution in [0.4, 0.5) is 5.69 Å². The first-order chi connectivity index (χ1) is 11.8. The van der Waals surface area contributed by atoms with Gasteiger partial charge in [0.2, 0.25) is 5.91 Å². The highest BCUT2D eigenvalue weighted by molar-refractivity contribution is 6.32. The Morgan fingerprint density at radius 3 is 2.72 bits per heavy atom. The van der Waals surface area contributed by atoms with Gasteiger partial charge >= 0.3 is 0 Å². The summed E-state index contributed by atoms with van der Waals surface area (Å²) < 4.78 is 0. The van der Waals surface area contributed by atoms with Crippen LogP contribution in [0.2, 0.25) is 5.02 Å².